The first-order chi connectivity index (χ1) is 17.3. The summed E-state index contributed by atoms with van der Waals surface area (Å²) < 4.78 is 13.8. The highest BCUT2D eigenvalue weighted by Gasteiger charge is 2.44. The van der Waals surface area contributed by atoms with Gasteiger partial charge in [-0.25, -0.2) is 4.39 Å². The van der Waals surface area contributed by atoms with Gasteiger partial charge in [0.15, 0.2) is 0 Å². The Bertz CT molecular complexity index is 1470. The van der Waals surface area contributed by atoms with E-state index in [1.54, 1.807) is 30.0 Å². The van der Waals surface area contributed by atoms with Gasteiger partial charge < -0.3 is 15.4 Å². The lowest BCUT2D eigenvalue weighted by Gasteiger charge is -2.43. The number of hydrogen-bond donors (Lipinski definition) is 3. The Morgan fingerprint density at radius 2 is 1.89 bits per heavy atom. The average molecular weight is 523 g/mol. The minimum atomic E-state index is -1.21. The standard InChI is InChI=1S/C29H28ClFN2O2S/c1-17-13-21(31)6-9-23(17)26-16-29(35,11-12-32-26)27(18-3-7-22(36-2)8-4-18)24-15-19-14-20(30)5-10-25(19)33-28(24)34/h3-10,13-15,26-27,32,35H,11-12,16H2,1-2H3,(H,33,34). The predicted molar refractivity (Wildman–Crippen MR) is 146 cm³/mol. The number of aliphatic hydroxyl groups is 1. The SMILES string of the molecule is CSc1ccc(C(c2cc3cc(Cl)ccc3[nH]c2=O)C2(O)CCNC(c3ccc(F)cc3C)C2)cc1. The number of thioether (sulfide) groups is 1. The number of fused-ring (bicyclic) bond motifs is 1. The van der Waals surface area contributed by atoms with E-state index in [0.717, 1.165) is 27.0 Å². The smallest absolute Gasteiger partial charge is 0.252 e. The van der Waals surface area contributed by atoms with Crippen molar-refractivity contribution in [3.63, 3.8) is 0 Å². The van der Waals surface area contributed by atoms with Crippen LogP contribution < -0.4 is 10.9 Å². The summed E-state index contributed by atoms with van der Waals surface area (Å²) in [6, 6.07) is 19.8. The van der Waals surface area contributed by atoms with Gasteiger partial charge in [0, 0.05) is 33.0 Å². The molecule has 36 heavy (non-hydrogen) atoms. The van der Waals surface area contributed by atoms with Gasteiger partial charge in [0.05, 0.1) is 5.60 Å². The largest absolute Gasteiger partial charge is 0.389 e. The highest BCUT2D eigenvalue weighted by molar-refractivity contribution is 7.98. The number of nitrogens with one attached hydrogen (secondary N) is 2. The second kappa shape index (κ2) is 10.0. The molecule has 3 N–H and O–H groups in total. The lowest BCUT2D eigenvalue weighted by Crippen LogP contribution is -2.49. The monoisotopic (exact) mass is 522 g/mol. The third kappa shape index (κ3) is 4.83. The van der Waals surface area contributed by atoms with Crippen molar-refractivity contribution in [2.45, 2.75) is 42.2 Å². The van der Waals surface area contributed by atoms with Gasteiger partial charge in [-0.15, -0.1) is 11.8 Å². The van der Waals surface area contributed by atoms with Crippen LogP contribution in [0, 0.1) is 12.7 Å². The van der Waals surface area contributed by atoms with Gasteiger partial charge in [-0.2, -0.15) is 0 Å². The van der Waals surface area contributed by atoms with Crippen LogP contribution in [0.4, 0.5) is 4.39 Å². The normalized spacial score (nSPS) is 21.0. The van der Waals surface area contributed by atoms with Crippen molar-refractivity contribution in [2.24, 2.45) is 0 Å². The minimum Gasteiger partial charge on any atom is -0.389 e. The van der Waals surface area contributed by atoms with Crippen molar-refractivity contribution in [3.05, 3.63) is 110 Å². The van der Waals surface area contributed by atoms with Gasteiger partial charge in [-0.3, -0.25) is 4.79 Å². The number of rotatable bonds is 5. The molecule has 0 amide bonds. The molecule has 2 heterocycles. The van der Waals surface area contributed by atoms with Crippen LogP contribution in [-0.2, 0) is 0 Å². The predicted octanol–water partition coefficient (Wildman–Crippen LogP) is 6.34. The topological polar surface area (TPSA) is 65.1 Å². The summed E-state index contributed by atoms with van der Waals surface area (Å²) >= 11 is 7.89. The molecule has 1 saturated heterocycles. The van der Waals surface area contributed by atoms with Crippen LogP contribution in [0.2, 0.25) is 5.02 Å². The zero-order valence-corrected chi connectivity index (χ0v) is 21.7. The Morgan fingerprint density at radius 1 is 1.11 bits per heavy atom. The maximum absolute atomic E-state index is 13.8. The van der Waals surface area contributed by atoms with E-state index in [9.17, 15) is 14.3 Å². The molecule has 1 aliphatic rings. The van der Waals surface area contributed by atoms with Gasteiger partial charge in [0.2, 0.25) is 0 Å². The van der Waals surface area contributed by atoms with Crippen molar-refractivity contribution in [1.82, 2.24) is 10.3 Å². The lowest BCUT2D eigenvalue weighted by atomic mass is 9.70. The number of aromatic nitrogens is 1. The summed E-state index contributed by atoms with van der Waals surface area (Å²) in [6.45, 7) is 2.44. The summed E-state index contributed by atoms with van der Waals surface area (Å²) in [6.07, 6.45) is 2.85. The first kappa shape index (κ1) is 25.0. The van der Waals surface area contributed by atoms with Crippen molar-refractivity contribution < 1.29 is 9.50 Å². The Labute approximate surface area is 218 Å². The maximum atomic E-state index is 13.8. The van der Waals surface area contributed by atoms with Crippen LogP contribution in [0.5, 0.6) is 0 Å². The summed E-state index contributed by atoms with van der Waals surface area (Å²) in [5, 5.41) is 17.2. The number of aromatic amines is 1. The molecule has 7 heteroatoms. The molecule has 0 aliphatic carbocycles. The molecular weight excluding hydrogens is 495 g/mol. The molecule has 4 aromatic rings. The zero-order chi connectivity index (χ0) is 25.4. The van der Waals surface area contributed by atoms with Crippen molar-refractivity contribution in [3.8, 4) is 0 Å². The number of halogens is 2. The first-order valence-electron chi connectivity index (χ1n) is 12.0. The van der Waals surface area contributed by atoms with Crippen LogP contribution in [0.15, 0.2) is 76.4 Å². The molecule has 1 fully saturated rings. The van der Waals surface area contributed by atoms with E-state index in [4.69, 9.17) is 11.6 Å². The molecule has 0 spiro atoms. The quantitative estimate of drug-likeness (QED) is 0.268. The van der Waals surface area contributed by atoms with Gasteiger partial charge in [0.1, 0.15) is 5.82 Å². The Morgan fingerprint density at radius 3 is 2.61 bits per heavy atom. The van der Waals surface area contributed by atoms with Gasteiger partial charge >= 0.3 is 0 Å². The van der Waals surface area contributed by atoms with Crippen LogP contribution >= 0.6 is 23.4 Å². The van der Waals surface area contributed by atoms with Crippen LogP contribution in [0.3, 0.4) is 0 Å². The van der Waals surface area contributed by atoms with E-state index in [0.29, 0.717) is 35.5 Å². The minimum absolute atomic E-state index is 0.175. The van der Waals surface area contributed by atoms with Crippen molar-refractivity contribution in [2.75, 3.05) is 12.8 Å². The Balaban J connectivity index is 1.64. The number of hydrogen-bond acceptors (Lipinski definition) is 4. The molecule has 4 nitrogen and oxygen atoms in total. The van der Waals surface area contributed by atoms with Gasteiger partial charge in [-0.1, -0.05) is 29.8 Å². The number of aryl methyl sites for hydroxylation is 1. The lowest BCUT2D eigenvalue weighted by molar-refractivity contribution is -0.0194. The molecule has 0 saturated carbocycles. The van der Waals surface area contributed by atoms with Crippen LogP contribution in [-0.4, -0.2) is 28.5 Å². The summed E-state index contributed by atoms with van der Waals surface area (Å²) in [4.78, 5) is 17.5. The third-order valence-corrected chi connectivity index (χ3v) is 8.22. The van der Waals surface area contributed by atoms with E-state index in [1.807, 2.05) is 49.6 Å². The zero-order valence-electron chi connectivity index (χ0n) is 20.1. The number of piperidine rings is 1. The molecule has 1 aliphatic heterocycles. The molecule has 3 aromatic carbocycles. The van der Waals surface area contributed by atoms with Crippen molar-refractivity contribution >= 4 is 34.3 Å². The molecule has 0 radical (unpaired) electrons. The Kier molecular flexibility index (Phi) is 6.97. The third-order valence-electron chi connectivity index (χ3n) is 7.25. The second-order valence-corrected chi connectivity index (χ2v) is 10.9. The maximum Gasteiger partial charge on any atom is 0.252 e. The molecule has 3 atom stereocenters. The van der Waals surface area contributed by atoms with Gasteiger partial charge in [-0.05, 0) is 103 Å². The molecule has 5 rings (SSSR count). The van der Waals surface area contributed by atoms with E-state index in [1.165, 1.54) is 12.1 Å². The van der Waals surface area contributed by atoms with Crippen molar-refractivity contribution in [1.29, 1.82) is 0 Å². The first-order valence-corrected chi connectivity index (χ1v) is 13.6. The summed E-state index contributed by atoms with van der Waals surface area (Å²) in [7, 11) is 0. The molecule has 186 valence electrons. The molecule has 3 unspecified atom stereocenters. The highest BCUT2D eigenvalue weighted by Crippen LogP contribution is 2.44. The fourth-order valence-corrected chi connectivity index (χ4v) is 6.08. The molecular formula is C29H28ClFN2O2S. The molecule has 1 aromatic heterocycles. The van der Waals surface area contributed by atoms with E-state index in [-0.39, 0.29) is 17.4 Å². The Hall–Kier alpha value is -2.64. The van der Waals surface area contributed by atoms with E-state index >= 15 is 0 Å². The summed E-state index contributed by atoms with van der Waals surface area (Å²) in [5.74, 6) is -0.846. The summed E-state index contributed by atoms with van der Waals surface area (Å²) in [5.41, 5.74) is 2.41. The van der Waals surface area contributed by atoms with Crippen LogP contribution in [0.1, 0.15) is 47.1 Å². The average Bonchev–Trinajstić information content (AvgIpc) is 2.85. The highest BCUT2D eigenvalue weighted by atomic mass is 35.5. The van der Waals surface area contributed by atoms with Gasteiger partial charge in [0.25, 0.3) is 5.56 Å². The van der Waals surface area contributed by atoms with E-state index < -0.39 is 11.5 Å². The number of pyridine rings is 1. The second-order valence-electron chi connectivity index (χ2n) is 9.56. The van der Waals surface area contributed by atoms with E-state index in [2.05, 4.69) is 10.3 Å². The number of benzene rings is 3. The molecule has 0 bridgehead atoms. The number of H-pyrrole nitrogens is 1. The van der Waals surface area contributed by atoms with Crippen LogP contribution in [0.25, 0.3) is 10.9 Å². The fraction of sp³-hybridized carbons (Fsp3) is 0.276. The fourth-order valence-electron chi connectivity index (χ4n) is 5.49.